The fraction of sp³-hybridized carbons (Fsp3) is 0.769. The molecule has 0 saturated heterocycles. The highest BCUT2D eigenvalue weighted by atomic mass is 19.4. The minimum absolute atomic E-state index is 0.147. The third-order valence-corrected chi connectivity index (χ3v) is 2.85. The van der Waals surface area contributed by atoms with Gasteiger partial charge in [-0.15, -0.1) is 0 Å². The van der Waals surface area contributed by atoms with Crippen molar-refractivity contribution in [1.82, 2.24) is 0 Å². The molecule has 0 N–H and O–H groups in total. The highest BCUT2D eigenvalue weighted by molar-refractivity contribution is 5.86. The van der Waals surface area contributed by atoms with Crippen LogP contribution in [0.4, 0.5) is 39.5 Å². The van der Waals surface area contributed by atoms with E-state index in [0.29, 0.717) is 0 Å². The van der Waals surface area contributed by atoms with Crippen molar-refractivity contribution in [3.05, 3.63) is 12.2 Å². The van der Waals surface area contributed by atoms with E-state index in [1.807, 2.05) is 0 Å². The molecule has 0 aromatic heterocycles. The van der Waals surface area contributed by atoms with Crippen molar-refractivity contribution in [1.29, 1.82) is 0 Å². The molecule has 0 aliphatic carbocycles. The molecule has 0 aliphatic rings. The third kappa shape index (κ3) is 4.56. The Bertz CT molecular complexity index is 492. The van der Waals surface area contributed by atoms with Crippen LogP contribution in [0.5, 0.6) is 0 Å². The van der Waals surface area contributed by atoms with Crippen LogP contribution in [0.2, 0.25) is 0 Å². The van der Waals surface area contributed by atoms with Crippen molar-refractivity contribution in [2.45, 2.75) is 51.1 Å². The maximum absolute atomic E-state index is 13.5. The van der Waals surface area contributed by atoms with Gasteiger partial charge < -0.3 is 4.74 Å². The summed E-state index contributed by atoms with van der Waals surface area (Å²) in [5.74, 6) is -20.4. The number of hydrogen-bond acceptors (Lipinski definition) is 2. The van der Waals surface area contributed by atoms with E-state index in [9.17, 15) is 44.3 Å². The lowest BCUT2D eigenvalue weighted by atomic mass is 9.83. The van der Waals surface area contributed by atoms with Gasteiger partial charge in [-0.1, -0.05) is 20.4 Å². The van der Waals surface area contributed by atoms with Crippen molar-refractivity contribution < 1.29 is 49.0 Å². The Morgan fingerprint density at radius 1 is 0.917 bits per heavy atom. The zero-order valence-electron chi connectivity index (χ0n) is 12.8. The Morgan fingerprint density at radius 2 is 1.33 bits per heavy atom. The monoisotopic (exact) mass is 374 g/mol. The van der Waals surface area contributed by atoms with Gasteiger partial charge in [0.15, 0.2) is 0 Å². The molecule has 11 heteroatoms. The quantitative estimate of drug-likeness (QED) is 0.357. The number of carbonyl (C=O) groups is 1. The smallest absolute Gasteiger partial charge is 0.460 e. The summed E-state index contributed by atoms with van der Waals surface area (Å²) in [7, 11) is 0. The Hall–Kier alpha value is -1.42. The van der Waals surface area contributed by atoms with Gasteiger partial charge in [0.1, 0.15) is 0 Å². The predicted molar refractivity (Wildman–Crippen MR) is 65.1 cm³/mol. The molecule has 0 saturated carbocycles. The van der Waals surface area contributed by atoms with E-state index < -0.39 is 48.4 Å². The normalized spacial score (nSPS) is 14.5. The fourth-order valence-electron chi connectivity index (χ4n) is 1.55. The summed E-state index contributed by atoms with van der Waals surface area (Å²) in [6.07, 6.45) is -8.95. The van der Waals surface area contributed by atoms with Crippen LogP contribution in [0.3, 0.4) is 0 Å². The van der Waals surface area contributed by atoms with Crippen LogP contribution in [0.25, 0.3) is 0 Å². The van der Waals surface area contributed by atoms with Gasteiger partial charge in [-0.3, -0.25) is 0 Å². The standard InChI is InChI=1S/C13H15F9O2/c1-7(2)8(23)24-6-9(3,4)5-10(14,15)11(16,17)12(18,19)13(20,21)22/h1,5-6H2,2-4H3. The van der Waals surface area contributed by atoms with Gasteiger partial charge in [-0.2, -0.15) is 39.5 Å². The highest BCUT2D eigenvalue weighted by Crippen LogP contribution is 2.55. The summed E-state index contributed by atoms with van der Waals surface area (Å²) < 4.78 is 119. The second-order valence-electron chi connectivity index (χ2n) is 6.05. The largest absolute Gasteiger partial charge is 0.462 e. The lowest BCUT2D eigenvalue weighted by Crippen LogP contribution is -2.61. The van der Waals surface area contributed by atoms with E-state index in [-0.39, 0.29) is 5.57 Å². The molecule has 24 heavy (non-hydrogen) atoms. The zero-order chi connectivity index (χ0) is 19.8. The number of rotatable bonds is 7. The molecule has 0 aromatic rings. The first-order chi connectivity index (χ1) is 10.3. The average Bonchev–Trinajstić information content (AvgIpc) is 2.32. The number of hydrogen-bond donors (Lipinski definition) is 0. The van der Waals surface area contributed by atoms with E-state index in [0.717, 1.165) is 13.8 Å². The number of esters is 1. The van der Waals surface area contributed by atoms with E-state index in [1.165, 1.54) is 6.92 Å². The number of ether oxygens (including phenoxy) is 1. The lowest BCUT2D eigenvalue weighted by Gasteiger charge is -2.37. The maximum atomic E-state index is 13.5. The van der Waals surface area contributed by atoms with Crippen LogP contribution in [0.1, 0.15) is 27.2 Å². The first-order valence-corrected chi connectivity index (χ1v) is 6.31. The molecule has 0 amide bonds. The van der Waals surface area contributed by atoms with Crippen LogP contribution in [-0.2, 0) is 9.53 Å². The van der Waals surface area contributed by atoms with Gasteiger partial charge in [-0.25, -0.2) is 4.79 Å². The molecule has 0 bridgehead atoms. The van der Waals surface area contributed by atoms with E-state index >= 15 is 0 Å². The van der Waals surface area contributed by atoms with Gasteiger partial charge in [-0.05, 0) is 6.92 Å². The second-order valence-corrected chi connectivity index (χ2v) is 6.05. The van der Waals surface area contributed by atoms with Gasteiger partial charge in [0.2, 0.25) is 0 Å². The summed E-state index contributed by atoms with van der Waals surface area (Å²) in [6.45, 7) is 5.13. The van der Waals surface area contributed by atoms with Crippen LogP contribution < -0.4 is 0 Å². The molecule has 0 radical (unpaired) electrons. The predicted octanol–water partition coefficient (Wildman–Crippen LogP) is 4.99. The average molecular weight is 374 g/mol. The Morgan fingerprint density at radius 3 is 1.67 bits per heavy atom. The molecule has 0 aliphatic heterocycles. The summed E-state index contributed by atoms with van der Waals surface area (Å²) in [5.41, 5.74) is -2.16. The van der Waals surface area contributed by atoms with Crippen LogP contribution in [0.15, 0.2) is 12.2 Å². The maximum Gasteiger partial charge on any atom is 0.460 e. The number of carbonyl (C=O) groups excluding carboxylic acids is 1. The van der Waals surface area contributed by atoms with E-state index in [4.69, 9.17) is 0 Å². The Labute approximate surface area is 131 Å². The molecule has 0 aromatic carbocycles. The SMILES string of the molecule is C=C(C)C(=O)OCC(C)(C)CC(F)(F)C(F)(F)C(F)(F)C(F)(F)F. The minimum atomic E-state index is -6.94. The summed E-state index contributed by atoms with van der Waals surface area (Å²) in [4.78, 5) is 11.1. The van der Waals surface area contributed by atoms with Crippen LogP contribution in [0, 0.1) is 5.41 Å². The minimum Gasteiger partial charge on any atom is -0.462 e. The lowest BCUT2D eigenvalue weighted by molar-refractivity contribution is -0.399. The molecule has 0 unspecified atom stereocenters. The molecule has 0 heterocycles. The first-order valence-electron chi connectivity index (χ1n) is 6.31. The van der Waals surface area contributed by atoms with Crippen LogP contribution >= 0.6 is 0 Å². The first kappa shape index (κ1) is 22.6. The molecule has 142 valence electrons. The molecule has 0 rings (SSSR count). The molecule has 0 atom stereocenters. The molecule has 0 fully saturated rings. The second kappa shape index (κ2) is 6.47. The summed E-state index contributed by atoms with van der Waals surface area (Å²) in [5, 5.41) is 0. The third-order valence-electron chi connectivity index (χ3n) is 2.85. The number of halogens is 9. The van der Waals surface area contributed by atoms with E-state index in [1.54, 1.807) is 0 Å². The van der Waals surface area contributed by atoms with Gasteiger partial charge >= 0.3 is 29.9 Å². The van der Waals surface area contributed by atoms with Crippen molar-refractivity contribution in [3.8, 4) is 0 Å². The van der Waals surface area contributed by atoms with E-state index in [2.05, 4.69) is 11.3 Å². The Kier molecular flexibility index (Phi) is 6.09. The van der Waals surface area contributed by atoms with Gasteiger partial charge in [0.25, 0.3) is 0 Å². The van der Waals surface area contributed by atoms with Crippen molar-refractivity contribution in [2.75, 3.05) is 6.61 Å². The molecule has 0 spiro atoms. The highest BCUT2D eigenvalue weighted by Gasteiger charge is 2.81. The molecular formula is C13H15F9O2. The molecular weight excluding hydrogens is 359 g/mol. The number of alkyl halides is 9. The van der Waals surface area contributed by atoms with Crippen LogP contribution in [-0.4, -0.2) is 36.5 Å². The van der Waals surface area contributed by atoms with Gasteiger partial charge in [0, 0.05) is 17.4 Å². The zero-order valence-corrected chi connectivity index (χ0v) is 12.8. The van der Waals surface area contributed by atoms with Crippen molar-refractivity contribution >= 4 is 5.97 Å². The van der Waals surface area contributed by atoms with Gasteiger partial charge in [0.05, 0.1) is 6.61 Å². The summed E-state index contributed by atoms with van der Waals surface area (Å²) in [6, 6.07) is 0. The van der Waals surface area contributed by atoms with Crippen molar-refractivity contribution in [2.24, 2.45) is 5.41 Å². The Balaban J connectivity index is 5.37. The summed E-state index contributed by atoms with van der Waals surface area (Å²) >= 11 is 0. The molecule has 2 nitrogen and oxygen atoms in total. The topological polar surface area (TPSA) is 26.3 Å². The fourth-order valence-corrected chi connectivity index (χ4v) is 1.55. The van der Waals surface area contributed by atoms with Crippen molar-refractivity contribution in [3.63, 3.8) is 0 Å².